The fourth-order valence-electron chi connectivity index (χ4n) is 2.87. The van der Waals surface area contributed by atoms with Crippen LogP contribution in [0.5, 0.6) is 0 Å². The van der Waals surface area contributed by atoms with Crippen LogP contribution in [0.1, 0.15) is 17.8 Å². The molecule has 0 amide bonds. The summed E-state index contributed by atoms with van der Waals surface area (Å²) in [6, 6.07) is 7.71. The summed E-state index contributed by atoms with van der Waals surface area (Å²) in [7, 11) is 0. The zero-order chi connectivity index (χ0) is 19.8. The summed E-state index contributed by atoms with van der Waals surface area (Å²) in [5, 5.41) is 2.97. The van der Waals surface area contributed by atoms with Gasteiger partial charge in [0.15, 0.2) is 23.3 Å². The molecule has 0 bridgehead atoms. The summed E-state index contributed by atoms with van der Waals surface area (Å²) in [5.41, 5.74) is 1.11. The van der Waals surface area contributed by atoms with E-state index in [2.05, 4.69) is 20.3 Å². The topological polar surface area (TPSA) is 55.6 Å². The van der Waals surface area contributed by atoms with Gasteiger partial charge in [-0.25, -0.2) is 27.5 Å². The van der Waals surface area contributed by atoms with E-state index in [4.69, 9.17) is 0 Å². The minimum atomic E-state index is -2.54. The van der Waals surface area contributed by atoms with Gasteiger partial charge in [0.2, 0.25) is 0 Å². The van der Waals surface area contributed by atoms with Crippen molar-refractivity contribution in [2.24, 2.45) is 0 Å². The lowest BCUT2D eigenvalue weighted by molar-refractivity contribution is 0.151. The lowest BCUT2D eigenvalue weighted by Gasteiger charge is -2.10. The molecule has 0 saturated heterocycles. The fraction of sp³-hybridized carbons (Fsp3) is 0.105. The summed E-state index contributed by atoms with van der Waals surface area (Å²) >= 11 is 0. The molecule has 0 aliphatic carbocycles. The Morgan fingerprint density at radius 3 is 2.39 bits per heavy atom. The molecule has 2 heterocycles. The molecule has 0 unspecified atom stereocenters. The quantitative estimate of drug-likeness (QED) is 0.496. The van der Waals surface area contributed by atoms with Gasteiger partial charge in [-0.3, -0.25) is 9.55 Å². The van der Waals surface area contributed by atoms with Crippen molar-refractivity contribution in [1.82, 2.24) is 19.5 Å². The van der Waals surface area contributed by atoms with Gasteiger partial charge in [-0.15, -0.1) is 0 Å². The number of benzene rings is 2. The highest BCUT2D eigenvalue weighted by atomic mass is 19.3. The third-order valence-corrected chi connectivity index (χ3v) is 4.15. The Labute approximate surface area is 156 Å². The van der Waals surface area contributed by atoms with Crippen molar-refractivity contribution in [3.63, 3.8) is 0 Å². The molecule has 2 aromatic carbocycles. The highest BCUT2D eigenvalue weighted by Gasteiger charge is 2.15. The van der Waals surface area contributed by atoms with E-state index in [1.807, 2.05) is 0 Å². The molecule has 0 spiro atoms. The molecule has 4 aromatic rings. The predicted octanol–water partition coefficient (Wildman–Crippen LogP) is 5.08. The standard InChI is InChI=1S/C19H13F4N5/c1-10-25-15-6-13(20)14(21)7-16(15)28(10)18-9-24-8-17(27-18)26-12-4-2-11(3-5-12)19(22)23/h2-9,19H,1H3,(H,26,27). The van der Waals surface area contributed by atoms with Gasteiger partial charge in [0.25, 0.3) is 6.43 Å². The molecule has 4 rings (SSSR count). The maximum Gasteiger partial charge on any atom is 0.263 e. The molecule has 0 atom stereocenters. The van der Waals surface area contributed by atoms with Gasteiger partial charge in [0, 0.05) is 23.4 Å². The molecule has 0 radical (unpaired) electrons. The van der Waals surface area contributed by atoms with E-state index in [0.717, 1.165) is 12.1 Å². The number of aromatic nitrogens is 4. The Morgan fingerprint density at radius 1 is 0.964 bits per heavy atom. The molecule has 0 aliphatic heterocycles. The van der Waals surface area contributed by atoms with Crippen molar-refractivity contribution >= 4 is 22.5 Å². The number of nitrogens with one attached hydrogen (secondary N) is 1. The van der Waals surface area contributed by atoms with Crippen LogP contribution in [0, 0.1) is 18.6 Å². The number of hydrogen-bond acceptors (Lipinski definition) is 4. The first kappa shape index (κ1) is 17.9. The van der Waals surface area contributed by atoms with Crippen LogP contribution in [0.3, 0.4) is 0 Å². The van der Waals surface area contributed by atoms with Crippen LogP contribution >= 0.6 is 0 Å². The molecular formula is C19H13F4N5. The van der Waals surface area contributed by atoms with Crippen molar-refractivity contribution in [3.8, 4) is 5.82 Å². The first-order chi connectivity index (χ1) is 13.4. The van der Waals surface area contributed by atoms with Crippen LogP contribution in [0.4, 0.5) is 29.1 Å². The number of nitrogens with zero attached hydrogens (tertiary/aromatic N) is 4. The van der Waals surface area contributed by atoms with E-state index in [0.29, 0.717) is 34.2 Å². The number of aryl methyl sites for hydroxylation is 1. The van der Waals surface area contributed by atoms with Crippen LogP contribution in [0.25, 0.3) is 16.9 Å². The molecule has 0 aliphatic rings. The Kier molecular flexibility index (Phi) is 4.42. The number of halogens is 4. The second kappa shape index (κ2) is 6.91. The van der Waals surface area contributed by atoms with E-state index < -0.39 is 18.1 Å². The largest absolute Gasteiger partial charge is 0.339 e. The van der Waals surface area contributed by atoms with E-state index in [-0.39, 0.29) is 5.56 Å². The Hall–Kier alpha value is -3.49. The summed E-state index contributed by atoms with van der Waals surface area (Å²) < 4.78 is 54.0. The SMILES string of the molecule is Cc1nc2cc(F)c(F)cc2n1-c1cncc(Nc2ccc(C(F)F)cc2)n1. The van der Waals surface area contributed by atoms with E-state index >= 15 is 0 Å². The molecule has 28 heavy (non-hydrogen) atoms. The first-order valence-corrected chi connectivity index (χ1v) is 8.24. The maximum atomic E-state index is 13.7. The fourth-order valence-corrected chi connectivity index (χ4v) is 2.87. The average Bonchev–Trinajstić information content (AvgIpc) is 2.97. The summed E-state index contributed by atoms with van der Waals surface area (Å²) in [6.07, 6.45) is 0.375. The number of fused-ring (bicyclic) bond motifs is 1. The van der Waals surface area contributed by atoms with Crippen LogP contribution in [-0.2, 0) is 0 Å². The number of hydrogen-bond donors (Lipinski definition) is 1. The van der Waals surface area contributed by atoms with Gasteiger partial charge >= 0.3 is 0 Å². The van der Waals surface area contributed by atoms with Gasteiger partial charge < -0.3 is 5.32 Å². The molecule has 2 aromatic heterocycles. The highest BCUT2D eigenvalue weighted by molar-refractivity contribution is 5.78. The number of anilines is 2. The number of alkyl halides is 2. The zero-order valence-electron chi connectivity index (χ0n) is 14.5. The first-order valence-electron chi connectivity index (χ1n) is 8.24. The summed E-state index contributed by atoms with van der Waals surface area (Å²) in [5.74, 6) is -0.792. The molecule has 9 heteroatoms. The second-order valence-corrected chi connectivity index (χ2v) is 6.06. The third-order valence-electron chi connectivity index (χ3n) is 4.15. The van der Waals surface area contributed by atoms with Crippen molar-refractivity contribution < 1.29 is 17.6 Å². The van der Waals surface area contributed by atoms with Gasteiger partial charge in [-0.05, 0) is 19.1 Å². The van der Waals surface area contributed by atoms with Crippen LogP contribution in [0.15, 0.2) is 48.8 Å². The Morgan fingerprint density at radius 2 is 1.68 bits per heavy atom. The van der Waals surface area contributed by atoms with Crippen molar-refractivity contribution in [2.75, 3.05) is 5.32 Å². The van der Waals surface area contributed by atoms with Crippen molar-refractivity contribution in [3.05, 3.63) is 71.8 Å². The predicted molar refractivity (Wildman–Crippen MR) is 96.0 cm³/mol. The van der Waals surface area contributed by atoms with E-state index in [9.17, 15) is 17.6 Å². The molecule has 0 fully saturated rings. The van der Waals surface area contributed by atoms with Crippen molar-refractivity contribution in [1.29, 1.82) is 0 Å². The van der Waals surface area contributed by atoms with E-state index in [1.165, 1.54) is 36.7 Å². The lowest BCUT2D eigenvalue weighted by atomic mass is 10.2. The average molecular weight is 387 g/mol. The minimum Gasteiger partial charge on any atom is -0.339 e. The van der Waals surface area contributed by atoms with E-state index in [1.54, 1.807) is 11.5 Å². The lowest BCUT2D eigenvalue weighted by Crippen LogP contribution is -2.04. The van der Waals surface area contributed by atoms with Crippen LogP contribution in [0.2, 0.25) is 0 Å². The highest BCUT2D eigenvalue weighted by Crippen LogP contribution is 2.25. The maximum absolute atomic E-state index is 13.7. The van der Waals surface area contributed by atoms with Crippen LogP contribution < -0.4 is 5.32 Å². The Bertz CT molecular complexity index is 1160. The van der Waals surface area contributed by atoms with Gasteiger partial charge in [0.05, 0.1) is 23.4 Å². The molecule has 1 N–H and O–H groups in total. The molecular weight excluding hydrogens is 374 g/mol. The second-order valence-electron chi connectivity index (χ2n) is 6.06. The van der Waals surface area contributed by atoms with Gasteiger partial charge in [0.1, 0.15) is 5.82 Å². The molecule has 142 valence electrons. The van der Waals surface area contributed by atoms with Gasteiger partial charge in [-0.1, -0.05) is 12.1 Å². The third kappa shape index (κ3) is 3.26. The van der Waals surface area contributed by atoms with Crippen molar-refractivity contribution in [2.45, 2.75) is 13.3 Å². The molecule has 5 nitrogen and oxygen atoms in total. The summed E-state index contributed by atoms with van der Waals surface area (Å²) in [6.45, 7) is 1.68. The number of imidazole rings is 1. The van der Waals surface area contributed by atoms with Crippen LogP contribution in [-0.4, -0.2) is 19.5 Å². The Balaban J connectivity index is 1.70. The zero-order valence-corrected chi connectivity index (χ0v) is 14.5. The number of rotatable bonds is 4. The molecule has 0 saturated carbocycles. The monoisotopic (exact) mass is 387 g/mol. The minimum absolute atomic E-state index is 0.0832. The van der Waals surface area contributed by atoms with Gasteiger partial charge in [-0.2, -0.15) is 0 Å². The smallest absolute Gasteiger partial charge is 0.263 e. The summed E-state index contributed by atoms with van der Waals surface area (Å²) in [4.78, 5) is 12.8. The normalized spacial score (nSPS) is 11.4.